The first-order chi connectivity index (χ1) is 11.5. The number of nitrogens with zero attached hydrogens (tertiary/aromatic N) is 1. The Morgan fingerprint density at radius 2 is 2.04 bits per heavy atom. The van der Waals surface area contributed by atoms with E-state index in [1.165, 1.54) is 11.8 Å². The number of thioether (sulfide) groups is 1. The second-order valence-corrected chi connectivity index (χ2v) is 7.09. The molecule has 0 radical (unpaired) electrons. The van der Waals surface area contributed by atoms with Gasteiger partial charge in [0.2, 0.25) is 5.91 Å². The van der Waals surface area contributed by atoms with E-state index in [4.69, 9.17) is 23.2 Å². The maximum Gasteiger partial charge on any atom is 0.230 e. The van der Waals surface area contributed by atoms with Gasteiger partial charge in [0.1, 0.15) is 0 Å². The molecule has 1 heterocycles. The van der Waals surface area contributed by atoms with Gasteiger partial charge in [0.25, 0.3) is 0 Å². The third kappa shape index (κ3) is 4.04. The largest absolute Gasteiger partial charge is 0.349 e. The lowest BCUT2D eigenvalue weighted by Gasteiger charge is -2.14. The van der Waals surface area contributed by atoms with Crippen molar-refractivity contribution in [3.05, 3.63) is 58.1 Å². The van der Waals surface area contributed by atoms with Crippen LogP contribution in [0.1, 0.15) is 18.5 Å². The molecule has 0 aliphatic carbocycles. The van der Waals surface area contributed by atoms with Crippen LogP contribution in [0.3, 0.4) is 0 Å². The van der Waals surface area contributed by atoms with E-state index in [1.807, 2.05) is 37.3 Å². The summed E-state index contributed by atoms with van der Waals surface area (Å²) in [6.45, 7) is 1.91. The predicted molar refractivity (Wildman–Crippen MR) is 99.8 cm³/mol. The van der Waals surface area contributed by atoms with Gasteiger partial charge in [-0.3, -0.25) is 4.79 Å². The van der Waals surface area contributed by atoms with Crippen LogP contribution in [0.2, 0.25) is 10.0 Å². The number of hydrogen-bond donors (Lipinski definition) is 2. The Bertz CT molecular complexity index is 848. The molecule has 0 saturated heterocycles. The number of amides is 1. The van der Waals surface area contributed by atoms with Gasteiger partial charge in [-0.2, -0.15) is 0 Å². The molecule has 0 saturated carbocycles. The molecule has 0 aliphatic rings. The van der Waals surface area contributed by atoms with Gasteiger partial charge in [-0.05, 0) is 36.8 Å². The molecule has 2 N–H and O–H groups in total. The highest BCUT2D eigenvalue weighted by Crippen LogP contribution is 2.25. The SMILES string of the molecule is C[C@@H](NC(=O)CSc1nc2ccccc2[nH]1)c1ccc(Cl)c(Cl)c1. The molecular formula is C17H15Cl2N3OS. The minimum absolute atomic E-state index is 0.0703. The van der Waals surface area contributed by atoms with E-state index < -0.39 is 0 Å². The third-order valence-corrected chi connectivity index (χ3v) is 5.14. The highest BCUT2D eigenvalue weighted by molar-refractivity contribution is 7.99. The Morgan fingerprint density at radius 3 is 2.79 bits per heavy atom. The minimum Gasteiger partial charge on any atom is -0.349 e. The van der Waals surface area contributed by atoms with Crippen molar-refractivity contribution in [2.75, 3.05) is 5.75 Å². The molecule has 0 bridgehead atoms. The van der Waals surface area contributed by atoms with Crippen molar-refractivity contribution in [1.29, 1.82) is 0 Å². The molecule has 0 fully saturated rings. The first-order valence-corrected chi connectivity index (χ1v) is 9.09. The highest BCUT2D eigenvalue weighted by Gasteiger charge is 2.12. The zero-order valence-electron chi connectivity index (χ0n) is 12.8. The maximum atomic E-state index is 12.1. The summed E-state index contributed by atoms with van der Waals surface area (Å²) >= 11 is 13.3. The summed E-state index contributed by atoms with van der Waals surface area (Å²) in [6.07, 6.45) is 0. The van der Waals surface area contributed by atoms with E-state index in [0.717, 1.165) is 21.8 Å². The van der Waals surface area contributed by atoms with Crippen molar-refractivity contribution in [2.45, 2.75) is 18.1 Å². The molecule has 7 heteroatoms. The Labute approximate surface area is 153 Å². The molecule has 3 rings (SSSR count). The van der Waals surface area contributed by atoms with Crippen LogP contribution in [0, 0.1) is 0 Å². The number of nitrogens with one attached hydrogen (secondary N) is 2. The second-order valence-electron chi connectivity index (χ2n) is 5.31. The molecule has 4 nitrogen and oxygen atoms in total. The van der Waals surface area contributed by atoms with Gasteiger partial charge in [0.05, 0.1) is 32.9 Å². The van der Waals surface area contributed by atoms with Crippen LogP contribution >= 0.6 is 35.0 Å². The molecule has 1 amide bonds. The number of fused-ring (bicyclic) bond motifs is 1. The summed E-state index contributed by atoms with van der Waals surface area (Å²) in [5.41, 5.74) is 2.76. The molecule has 24 heavy (non-hydrogen) atoms. The number of aromatic nitrogens is 2. The minimum atomic E-state index is -0.150. The summed E-state index contributed by atoms with van der Waals surface area (Å²) in [5, 5.41) is 4.65. The summed E-state index contributed by atoms with van der Waals surface area (Å²) in [6, 6.07) is 13.0. The van der Waals surface area contributed by atoms with Crippen molar-refractivity contribution in [2.24, 2.45) is 0 Å². The number of H-pyrrole nitrogens is 1. The van der Waals surface area contributed by atoms with Crippen molar-refractivity contribution in [3.63, 3.8) is 0 Å². The zero-order chi connectivity index (χ0) is 17.1. The van der Waals surface area contributed by atoms with Crippen LogP contribution in [0.15, 0.2) is 47.6 Å². The summed E-state index contributed by atoms with van der Waals surface area (Å²) in [5.74, 6) is 0.213. The number of hydrogen-bond acceptors (Lipinski definition) is 3. The zero-order valence-corrected chi connectivity index (χ0v) is 15.2. The first kappa shape index (κ1) is 17.1. The summed E-state index contributed by atoms with van der Waals surface area (Å²) < 4.78 is 0. The summed E-state index contributed by atoms with van der Waals surface area (Å²) in [4.78, 5) is 19.8. The Balaban J connectivity index is 1.57. The molecular weight excluding hydrogens is 365 g/mol. The lowest BCUT2D eigenvalue weighted by atomic mass is 10.1. The highest BCUT2D eigenvalue weighted by atomic mass is 35.5. The first-order valence-electron chi connectivity index (χ1n) is 7.35. The number of halogens is 2. The molecule has 0 aliphatic heterocycles. The van der Waals surface area contributed by atoms with Crippen molar-refractivity contribution in [1.82, 2.24) is 15.3 Å². The van der Waals surface area contributed by atoms with Crippen molar-refractivity contribution >= 4 is 51.9 Å². The number of para-hydroxylation sites is 2. The molecule has 124 valence electrons. The Morgan fingerprint density at radius 1 is 1.25 bits per heavy atom. The normalized spacial score (nSPS) is 12.3. The lowest BCUT2D eigenvalue weighted by molar-refractivity contribution is -0.119. The van der Waals surface area contributed by atoms with E-state index in [2.05, 4.69) is 15.3 Å². The van der Waals surface area contributed by atoms with Crippen LogP contribution in [-0.4, -0.2) is 21.6 Å². The monoisotopic (exact) mass is 379 g/mol. The topological polar surface area (TPSA) is 57.8 Å². The van der Waals surface area contributed by atoms with Gasteiger partial charge in [0, 0.05) is 0 Å². The Hall–Kier alpha value is -1.69. The van der Waals surface area contributed by atoms with Gasteiger partial charge >= 0.3 is 0 Å². The van der Waals surface area contributed by atoms with Crippen LogP contribution < -0.4 is 5.32 Å². The van der Waals surface area contributed by atoms with Crippen molar-refractivity contribution in [3.8, 4) is 0 Å². The van der Waals surface area contributed by atoms with E-state index in [-0.39, 0.29) is 17.7 Å². The average Bonchev–Trinajstić information content (AvgIpc) is 2.98. The molecule has 2 aromatic carbocycles. The van der Waals surface area contributed by atoms with E-state index in [9.17, 15) is 4.79 Å². The Kier molecular flexibility index (Phi) is 5.33. The molecule has 3 aromatic rings. The van der Waals surface area contributed by atoms with Gasteiger partial charge in [-0.15, -0.1) is 0 Å². The molecule has 0 spiro atoms. The third-order valence-electron chi connectivity index (χ3n) is 3.53. The fourth-order valence-electron chi connectivity index (χ4n) is 2.28. The predicted octanol–water partition coefficient (Wildman–Crippen LogP) is 4.84. The van der Waals surface area contributed by atoms with Gasteiger partial charge in [-0.1, -0.05) is 53.2 Å². The number of aromatic amines is 1. The molecule has 1 atom stereocenters. The van der Waals surface area contributed by atoms with Crippen LogP contribution in [-0.2, 0) is 4.79 Å². The number of rotatable bonds is 5. The molecule has 0 unspecified atom stereocenters. The van der Waals surface area contributed by atoms with E-state index in [0.29, 0.717) is 10.0 Å². The van der Waals surface area contributed by atoms with E-state index >= 15 is 0 Å². The quantitative estimate of drug-likeness (QED) is 0.623. The summed E-state index contributed by atoms with van der Waals surface area (Å²) in [7, 11) is 0. The fraction of sp³-hybridized carbons (Fsp3) is 0.176. The maximum absolute atomic E-state index is 12.1. The average molecular weight is 380 g/mol. The number of carbonyl (C=O) groups excluding carboxylic acids is 1. The van der Waals surface area contributed by atoms with Crippen LogP contribution in [0.5, 0.6) is 0 Å². The smallest absolute Gasteiger partial charge is 0.230 e. The fourth-order valence-corrected chi connectivity index (χ4v) is 3.28. The number of carbonyl (C=O) groups is 1. The van der Waals surface area contributed by atoms with Crippen molar-refractivity contribution < 1.29 is 4.79 Å². The van der Waals surface area contributed by atoms with E-state index in [1.54, 1.807) is 12.1 Å². The van der Waals surface area contributed by atoms with Gasteiger partial charge in [0.15, 0.2) is 5.16 Å². The van der Waals surface area contributed by atoms with Gasteiger partial charge < -0.3 is 10.3 Å². The number of benzene rings is 2. The second kappa shape index (κ2) is 7.47. The number of imidazole rings is 1. The van der Waals surface area contributed by atoms with Gasteiger partial charge in [-0.25, -0.2) is 4.98 Å². The molecule has 1 aromatic heterocycles. The van der Waals surface area contributed by atoms with Crippen LogP contribution in [0.4, 0.5) is 0 Å². The lowest BCUT2D eigenvalue weighted by Crippen LogP contribution is -2.28. The van der Waals surface area contributed by atoms with Crippen LogP contribution in [0.25, 0.3) is 11.0 Å². The standard InChI is InChI=1S/C17H15Cl2N3OS/c1-10(11-6-7-12(18)13(19)8-11)20-16(23)9-24-17-21-14-4-2-3-5-15(14)22-17/h2-8,10H,9H2,1H3,(H,20,23)(H,21,22)/t10-/m1/s1.